The van der Waals surface area contributed by atoms with Crippen LogP contribution in [0.25, 0.3) is 5.95 Å². The van der Waals surface area contributed by atoms with Gasteiger partial charge in [0.05, 0.1) is 13.2 Å². The van der Waals surface area contributed by atoms with Crippen molar-refractivity contribution in [3.63, 3.8) is 0 Å². The zero-order valence-corrected chi connectivity index (χ0v) is 24.5. The summed E-state index contributed by atoms with van der Waals surface area (Å²) in [6.07, 6.45) is 5.11. The predicted molar refractivity (Wildman–Crippen MR) is 161 cm³/mol. The van der Waals surface area contributed by atoms with Gasteiger partial charge in [0.1, 0.15) is 23.0 Å². The summed E-state index contributed by atoms with van der Waals surface area (Å²) in [5, 5.41) is 6.24. The molecule has 42 heavy (non-hydrogen) atoms. The molecule has 0 radical (unpaired) electrons. The number of halogens is 1. The Morgan fingerprint density at radius 1 is 1.05 bits per heavy atom. The Morgan fingerprint density at radius 3 is 2.57 bits per heavy atom. The van der Waals surface area contributed by atoms with Gasteiger partial charge in [-0.15, -0.1) is 0 Å². The quantitative estimate of drug-likeness (QED) is 0.294. The zero-order chi connectivity index (χ0) is 29.6. The number of aryl methyl sites for hydroxylation is 2. The van der Waals surface area contributed by atoms with E-state index in [-0.39, 0.29) is 29.6 Å². The van der Waals surface area contributed by atoms with Crippen molar-refractivity contribution in [3.05, 3.63) is 89.1 Å². The molecule has 4 aromatic rings. The predicted octanol–water partition coefficient (Wildman–Crippen LogP) is 4.37. The maximum absolute atomic E-state index is 13.2. The second-order valence-corrected chi connectivity index (χ2v) is 10.6. The van der Waals surface area contributed by atoms with Crippen LogP contribution in [0.3, 0.4) is 0 Å². The number of anilines is 2. The normalized spacial score (nSPS) is 14.9. The van der Waals surface area contributed by atoms with Gasteiger partial charge in [-0.3, -0.25) is 9.36 Å². The number of benzene rings is 2. The summed E-state index contributed by atoms with van der Waals surface area (Å²) in [5.41, 5.74) is 4.06. The molecule has 0 bridgehead atoms. The van der Waals surface area contributed by atoms with Gasteiger partial charge in [0.25, 0.3) is 0 Å². The largest absolute Gasteiger partial charge is 0.497 e. The Labute approximate surface area is 249 Å². The summed E-state index contributed by atoms with van der Waals surface area (Å²) in [4.78, 5) is 43.3. The Bertz CT molecular complexity index is 1540. The maximum atomic E-state index is 13.2. The Hall–Kier alpha value is -4.64. The molecule has 2 aromatic heterocycles. The minimum atomic E-state index is -0.360. The average molecular weight is 589 g/mol. The van der Waals surface area contributed by atoms with Crippen molar-refractivity contribution in [2.75, 3.05) is 37.0 Å². The number of amides is 3. The fourth-order valence-corrected chi connectivity index (χ4v) is 5.00. The first-order chi connectivity index (χ1) is 20.3. The van der Waals surface area contributed by atoms with E-state index < -0.39 is 0 Å². The van der Waals surface area contributed by atoms with E-state index in [1.807, 2.05) is 11.0 Å². The molecular weight excluding hydrogens is 556 g/mol. The minimum absolute atomic E-state index is 0.129. The summed E-state index contributed by atoms with van der Waals surface area (Å²) in [7, 11) is 1.59. The first kappa shape index (κ1) is 28.9. The van der Waals surface area contributed by atoms with Crippen LogP contribution in [0.5, 0.6) is 5.75 Å². The van der Waals surface area contributed by atoms with Gasteiger partial charge in [-0.1, -0.05) is 29.8 Å². The highest BCUT2D eigenvalue weighted by atomic mass is 35.5. The summed E-state index contributed by atoms with van der Waals surface area (Å²) in [5.74, 6) is 1.51. The number of piperazine rings is 1. The Kier molecular flexibility index (Phi) is 8.87. The van der Waals surface area contributed by atoms with Crippen LogP contribution < -0.4 is 20.3 Å². The first-order valence-corrected chi connectivity index (χ1v) is 14.0. The highest BCUT2D eigenvalue weighted by Gasteiger charge is 2.32. The molecule has 2 aromatic carbocycles. The van der Waals surface area contributed by atoms with Crippen molar-refractivity contribution in [1.29, 1.82) is 0 Å². The van der Waals surface area contributed by atoms with Crippen LogP contribution in [0, 0.1) is 13.8 Å². The smallest absolute Gasteiger partial charge is 0.321 e. The summed E-state index contributed by atoms with van der Waals surface area (Å²) < 4.78 is 6.87. The van der Waals surface area contributed by atoms with Crippen molar-refractivity contribution in [2.24, 2.45) is 0 Å². The molecular formula is C30H33ClN8O3. The van der Waals surface area contributed by atoms with Gasteiger partial charge in [-0.25, -0.2) is 14.8 Å². The topological polar surface area (TPSA) is 118 Å². The van der Waals surface area contributed by atoms with Crippen LogP contribution in [0.1, 0.15) is 23.1 Å². The molecule has 2 N–H and O–H groups in total. The molecule has 11 nitrogen and oxygen atoms in total. The van der Waals surface area contributed by atoms with E-state index in [9.17, 15) is 9.59 Å². The highest BCUT2D eigenvalue weighted by molar-refractivity contribution is 6.29. The summed E-state index contributed by atoms with van der Waals surface area (Å²) >= 11 is 6.40. The number of nitrogens with zero attached hydrogens (tertiary/aromatic N) is 6. The van der Waals surface area contributed by atoms with E-state index in [2.05, 4.69) is 46.6 Å². The molecule has 1 aliphatic heterocycles. The number of nitrogens with one attached hydrogen (secondary N) is 2. The number of hydrogen-bond donors (Lipinski definition) is 2. The van der Waals surface area contributed by atoms with Gasteiger partial charge >= 0.3 is 6.03 Å². The standard InChI is InChI=1S/C30H33ClN8O3/c1-20-4-5-22(14-21(20)2)17-33-28(40)15-24-18-37(30(41)34-23-6-8-25(42-3)9-7-23)12-13-39(24)27-16-26(31)35-29(36-27)38-11-10-32-19-38/h4-11,14,16,19,24H,12-13,15,17-18H2,1-3H3,(H,33,40)(H,34,41). The molecule has 1 unspecified atom stereocenters. The Balaban J connectivity index is 1.34. The molecule has 0 aliphatic carbocycles. The third-order valence-corrected chi connectivity index (χ3v) is 7.49. The number of aromatic nitrogens is 4. The fourth-order valence-electron chi connectivity index (χ4n) is 4.83. The van der Waals surface area contributed by atoms with Crippen molar-refractivity contribution in [3.8, 4) is 11.7 Å². The van der Waals surface area contributed by atoms with E-state index in [4.69, 9.17) is 21.3 Å². The molecule has 5 rings (SSSR count). The average Bonchev–Trinajstić information content (AvgIpc) is 3.53. The van der Waals surface area contributed by atoms with Crippen molar-refractivity contribution < 1.29 is 14.3 Å². The molecule has 1 fully saturated rings. The van der Waals surface area contributed by atoms with E-state index in [0.29, 0.717) is 49.4 Å². The molecule has 0 spiro atoms. The lowest BCUT2D eigenvalue weighted by atomic mass is 10.1. The van der Waals surface area contributed by atoms with Crippen LogP contribution in [0.2, 0.25) is 5.15 Å². The zero-order valence-electron chi connectivity index (χ0n) is 23.7. The lowest BCUT2D eigenvalue weighted by Crippen LogP contribution is -2.57. The minimum Gasteiger partial charge on any atom is -0.497 e. The lowest BCUT2D eigenvalue weighted by Gasteiger charge is -2.42. The van der Waals surface area contributed by atoms with Crippen molar-refractivity contribution in [1.82, 2.24) is 29.7 Å². The van der Waals surface area contributed by atoms with Crippen LogP contribution >= 0.6 is 11.6 Å². The number of rotatable bonds is 8. The molecule has 218 valence electrons. The van der Waals surface area contributed by atoms with E-state index in [0.717, 1.165) is 5.56 Å². The van der Waals surface area contributed by atoms with E-state index in [1.54, 1.807) is 65.6 Å². The molecule has 3 amide bonds. The second-order valence-electron chi connectivity index (χ2n) is 10.2. The molecule has 1 atom stereocenters. The molecule has 3 heterocycles. The van der Waals surface area contributed by atoms with Gasteiger partial charge in [0, 0.05) is 56.7 Å². The fraction of sp³-hybridized carbons (Fsp3) is 0.300. The number of hydrogen-bond acceptors (Lipinski definition) is 7. The summed E-state index contributed by atoms with van der Waals surface area (Å²) in [6, 6.07) is 14.3. The number of carbonyl (C=O) groups is 2. The van der Waals surface area contributed by atoms with Crippen LogP contribution in [-0.4, -0.2) is 69.1 Å². The number of imidazole rings is 1. The van der Waals surface area contributed by atoms with Crippen LogP contribution in [0.15, 0.2) is 67.3 Å². The molecule has 12 heteroatoms. The molecule has 0 saturated carbocycles. The lowest BCUT2D eigenvalue weighted by molar-refractivity contribution is -0.121. The number of ether oxygens (including phenoxy) is 1. The maximum Gasteiger partial charge on any atom is 0.321 e. The third kappa shape index (κ3) is 6.98. The SMILES string of the molecule is COc1ccc(NC(=O)N2CCN(c3cc(Cl)nc(-n4ccnc4)n3)C(CC(=O)NCc3ccc(C)c(C)c3)C2)cc1. The first-order valence-electron chi connectivity index (χ1n) is 13.6. The van der Waals surface area contributed by atoms with Gasteiger partial charge in [-0.2, -0.15) is 4.98 Å². The highest BCUT2D eigenvalue weighted by Crippen LogP contribution is 2.25. The number of methoxy groups -OCH3 is 1. The van der Waals surface area contributed by atoms with Gasteiger partial charge in [0.2, 0.25) is 11.9 Å². The van der Waals surface area contributed by atoms with Crippen LogP contribution in [0.4, 0.5) is 16.3 Å². The van der Waals surface area contributed by atoms with Gasteiger partial charge < -0.3 is 25.2 Å². The Morgan fingerprint density at radius 2 is 1.86 bits per heavy atom. The summed E-state index contributed by atoms with van der Waals surface area (Å²) in [6.45, 7) is 5.70. The van der Waals surface area contributed by atoms with E-state index >= 15 is 0 Å². The number of urea groups is 1. The van der Waals surface area contributed by atoms with E-state index in [1.165, 1.54) is 11.1 Å². The van der Waals surface area contributed by atoms with Crippen LogP contribution in [-0.2, 0) is 11.3 Å². The third-order valence-electron chi connectivity index (χ3n) is 7.29. The number of carbonyl (C=O) groups excluding carboxylic acids is 2. The van der Waals surface area contributed by atoms with Gasteiger partial charge in [-0.05, 0) is 54.8 Å². The van der Waals surface area contributed by atoms with Crippen molar-refractivity contribution in [2.45, 2.75) is 32.9 Å². The van der Waals surface area contributed by atoms with Crippen molar-refractivity contribution >= 4 is 35.0 Å². The molecule has 1 saturated heterocycles. The second kappa shape index (κ2) is 12.9. The monoisotopic (exact) mass is 588 g/mol. The molecule has 1 aliphatic rings. The van der Waals surface area contributed by atoms with Gasteiger partial charge in [0.15, 0.2) is 0 Å².